The Hall–Kier alpha value is -7.43. The first-order valence-electron chi connectivity index (χ1n) is 18.5. The third kappa shape index (κ3) is 5.26. The molecule has 0 aliphatic heterocycles. The van der Waals surface area contributed by atoms with Crippen LogP contribution in [0.25, 0.3) is 88.3 Å². The van der Waals surface area contributed by atoms with E-state index in [1.54, 1.807) is 0 Å². The molecule has 0 saturated heterocycles. The molecule has 0 aliphatic rings. The molecule has 0 saturated carbocycles. The van der Waals surface area contributed by atoms with Crippen molar-refractivity contribution in [1.29, 1.82) is 0 Å². The molecular formula is C51H32N2O2. The number of fused-ring (bicyclic) bond motifs is 7. The van der Waals surface area contributed by atoms with Gasteiger partial charge in [0.05, 0.1) is 0 Å². The summed E-state index contributed by atoms with van der Waals surface area (Å²) < 4.78 is 13.1. The van der Waals surface area contributed by atoms with E-state index < -0.39 is 0 Å². The number of rotatable bonds is 6. The molecule has 0 spiro atoms. The zero-order valence-corrected chi connectivity index (χ0v) is 29.7. The number of nitrogens with zero attached hydrogens (tertiary/aromatic N) is 2. The number of anilines is 3. The molecule has 0 radical (unpaired) electrons. The highest BCUT2D eigenvalue weighted by Crippen LogP contribution is 2.43. The van der Waals surface area contributed by atoms with Crippen molar-refractivity contribution < 1.29 is 8.83 Å². The van der Waals surface area contributed by atoms with Crippen LogP contribution in [0.4, 0.5) is 17.1 Å². The Morgan fingerprint density at radius 2 is 1.00 bits per heavy atom. The lowest BCUT2D eigenvalue weighted by Gasteiger charge is -2.26. The number of hydrogen-bond acceptors (Lipinski definition) is 4. The molecule has 258 valence electrons. The van der Waals surface area contributed by atoms with Gasteiger partial charge in [0.2, 0.25) is 5.89 Å². The molecule has 4 heteroatoms. The van der Waals surface area contributed by atoms with Gasteiger partial charge in [0.1, 0.15) is 16.7 Å². The highest BCUT2D eigenvalue weighted by atomic mass is 16.3. The van der Waals surface area contributed by atoms with E-state index in [1.165, 1.54) is 33.0 Å². The van der Waals surface area contributed by atoms with Crippen LogP contribution in [0.1, 0.15) is 0 Å². The average molecular weight is 705 g/mol. The van der Waals surface area contributed by atoms with E-state index in [2.05, 4.69) is 163 Å². The lowest BCUT2D eigenvalue weighted by atomic mass is 9.98. The van der Waals surface area contributed by atoms with Crippen LogP contribution in [0.3, 0.4) is 0 Å². The van der Waals surface area contributed by atoms with Crippen molar-refractivity contribution in [2.45, 2.75) is 0 Å². The van der Waals surface area contributed by atoms with Gasteiger partial charge in [-0.05, 0) is 93.0 Å². The summed E-state index contributed by atoms with van der Waals surface area (Å²) in [7, 11) is 0. The number of aromatic nitrogens is 1. The molecule has 0 atom stereocenters. The van der Waals surface area contributed by atoms with Crippen molar-refractivity contribution in [3.8, 4) is 33.7 Å². The van der Waals surface area contributed by atoms with Crippen molar-refractivity contribution in [2.24, 2.45) is 0 Å². The molecule has 0 amide bonds. The molecule has 0 fully saturated rings. The molecule has 4 nitrogen and oxygen atoms in total. The normalized spacial score (nSPS) is 11.6. The molecule has 0 bridgehead atoms. The second-order valence-electron chi connectivity index (χ2n) is 13.9. The number of hydrogen-bond donors (Lipinski definition) is 0. The first kappa shape index (κ1) is 31.1. The maximum Gasteiger partial charge on any atom is 0.228 e. The van der Waals surface area contributed by atoms with Crippen molar-refractivity contribution in [3.05, 3.63) is 194 Å². The Kier molecular flexibility index (Phi) is 7.14. The zero-order valence-electron chi connectivity index (χ0n) is 29.7. The summed E-state index contributed by atoms with van der Waals surface area (Å²) in [6.45, 7) is 0. The van der Waals surface area contributed by atoms with Crippen LogP contribution in [-0.2, 0) is 0 Å². The minimum Gasteiger partial charge on any atom is -0.456 e. The summed E-state index contributed by atoms with van der Waals surface area (Å²) >= 11 is 0. The van der Waals surface area contributed by atoms with Crippen LogP contribution < -0.4 is 4.90 Å². The third-order valence-electron chi connectivity index (χ3n) is 10.7. The summed E-state index contributed by atoms with van der Waals surface area (Å²) in [5.41, 5.74) is 11.9. The molecule has 11 rings (SSSR count). The van der Waals surface area contributed by atoms with Gasteiger partial charge in [-0.15, -0.1) is 0 Å². The molecule has 55 heavy (non-hydrogen) atoms. The predicted molar refractivity (Wildman–Crippen MR) is 227 cm³/mol. The lowest BCUT2D eigenvalue weighted by molar-refractivity contribution is 0.623. The first-order valence-corrected chi connectivity index (χ1v) is 18.5. The molecule has 9 aromatic carbocycles. The monoisotopic (exact) mass is 704 g/mol. The Bertz CT molecular complexity index is 3190. The largest absolute Gasteiger partial charge is 0.456 e. The molecule has 0 unspecified atom stereocenters. The number of furan rings is 1. The standard InChI is InChI=1S/C51H32N2O2/c1-2-10-33(11-3-1)34-20-25-38(26-21-34)53(39-27-22-37(23-28-39)42-17-8-14-35-12-4-6-15-41(35)42)40-29-30-44-48(32-40)54-47-19-9-18-45(49(44)47)51-52-46-31-24-36-13-5-7-16-43(36)50(46)55-51/h1-32H. The minimum atomic E-state index is 0.579. The van der Waals surface area contributed by atoms with Crippen LogP contribution in [0, 0.1) is 0 Å². The average Bonchev–Trinajstić information content (AvgIpc) is 3.87. The number of oxazole rings is 1. The first-order chi connectivity index (χ1) is 27.2. The molecular weight excluding hydrogens is 673 g/mol. The van der Waals surface area contributed by atoms with E-state index in [1.807, 2.05) is 36.4 Å². The third-order valence-corrected chi connectivity index (χ3v) is 10.7. The van der Waals surface area contributed by atoms with Crippen LogP contribution in [0.5, 0.6) is 0 Å². The Morgan fingerprint density at radius 1 is 0.382 bits per heavy atom. The summed E-state index contributed by atoms with van der Waals surface area (Å²) in [4.78, 5) is 7.25. The molecule has 2 aromatic heterocycles. The van der Waals surface area contributed by atoms with Gasteiger partial charge in [0, 0.05) is 44.9 Å². The quantitative estimate of drug-likeness (QED) is 0.173. The van der Waals surface area contributed by atoms with Crippen LogP contribution in [0.2, 0.25) is 0 Å². The van der Waals surface area contributed by atoms with Gasteiger partial charge < -0.3 is 13.7 Å². The van der Waals surface area contributed by atoms with Gasteiger partial charge in [0.25, 0.3) is 0 Å². The Labute approximate surface area is 317 Å². The van der Waals surface area contributed by atoms with Crippen molar-refractivity contribution >= 4 is 71.6 Å². The molecule has 0 aliphatic carbocycles. The summed E-state index contributed by atoms with van der Waals surface area (Å²) in [6, 6.07) is 68.1. The fourth-order valence-electron chi connectivity index (χ4n) is 8.05. The fraction of sp³-hybridized carbons (Fsp3) is 0. The van der Waals surface area contributed by atoms with E-state index in [0.717, 1.165) is 66.4 Å². The highest BCUT2D eigenvalue weighted by Gasteiger charge is 2.20. The van der Waals surface area contributed by atoms with Crippen LogP contribution in [0.15, 0.2) is 203 Å². The fourth-order valence-corrected chi connectivity index (χ4v) is 8.05. The predicted octanol–water partition coefficient (Wildman–Crippen LogP) is 14.5. The molecule has 0 N–H and O–H groups in total. The van der Waals surface area contributed by atoms with Crippen molar-refractivity contribution in [3.63, 3.8) is 0 Å². The lowest BCUT2D eigenvalue weighted by Crippen LogP contribution is -2.09. The van der Waals surface area contributed by atoms with E-state index in [9.17, 15) is 0 Å². The Morgan fingerprint density at radius 3 is 1.80 bits per heavy atom. The van der Waals surface area contributed by atoms with Crippen molar-refractivity contribution in [2.75, 3.05) is 4.90 Å². The van der Waals surface area contributed by atoms with Gasteiger partial charge in [-0.3, -0.25) is 0 Å². The Balaban J connectivity index is 1.04. The topological polar surface area (TPSA) is 42.4 Å². The van der Waals surface area contributed by atoms with E-state index >= 15 is 0 Å². The molecule has 2 heterocycles. The maximum atomic E-state index is 6.62. The SMILES string of the molecule is c1ccc(-c2ccc(N(c3ccc(-c4cccc5ccccc45)cc3)c3ccc4c(c3)oc3cccc(-c5nc6ccc7ccccc7c6o5)c34)cc2)cc1. The van der Waals surface area contributed by atoms with E-state index in [0.29, 0.717) is 5.89 Å². The highest BCUT2D eigenvalue weighted by molar-refractivity contribution is 6.13. The molecule has 11 aromatic rings. The van der Waals surface area contributed by atoms with Crippen molar-refractivity contribution in [1.82, 2.24) is 4.98 Å². The second kappa shape index (κ2) is 12.6. The minimum absolute atomic E-state index is 0.579. The van der Waals surface area contributed by atoms with Gasteiger partial charge in [-0.2, -0.15) is 0 Å². The number of benzene rings is 9. The zero-order chi connectivity index (χ0) is 36.3. The summed E-state index contributed by atoms with van der Waals surface area (Å²) in [5, 5.41) is 6.64. The summed E-state index contributed by atoms with van der Waals surface area (Å²) in [5.74, 6) is 0.579. The second-order valence-corrected chi connectivity index (χ2v) is 13.9. The van der Waals surface area contributed by atoms with Crippen LogP contribution >= 0.6 is 0 Å². The smallest absolute Gasteiger partial charge is 0.228 e. The van der Waals surface area contributed by atoms with Gasteiger partial charge in [-0.25, -0.2) is 4.98 Å². The van der Waals surface area contributed by atoms with Gasteiger partial charge in [-0.1, -0.05) is 133 Å². The van der Waals surface area contributed by atoms with Gasteiger partial charge >= 0.3 is 0 Å². The van der Waals surface area contributed by atoms with Gasteiger partial charge in [0.15, 0.2) is 5.58 Å². The summed E-state index contributed by atoms with van der Waals surface area (Å²) in [6.07, 6.45) is 0. The maximum absolute atomic E-state index is 6.62. The van der Waals surface area contributed by atoms with Crippen LogP contribution in [-0.4, -0.2) is 4.98 Å². The van der Waals surface area contributed by atoms with E-state index in [4.69, 9.17) is 13.8 Å². The van der Waals surface area contributed by atoms with E-state index in [-0.39, 0.29) is 0 Å².